The van der Waals surface area contributed by atoms with E-state index in [2.05, 4.69) is 93.3 Å². The van der Waals surface area contributed by atoms with Crippen molar-refractivity contribution in [1.29, 1.82) is 0 Å². The molecule has 0 amide bonds. The quantitative estimate of drug-likeness (QED) is 0.317. The molecule has 4 nitrogen and oxygen atoms in total. The molecule has 0 unspecified atom stereocenters. The number of halogens is 3. The van der Waals surface area contributed by atoms with Crippen molar-refractivity contribution in [3.8, 4) is 0 Å². The van der Waals surface area contributed by atoms with Gasteiger partial charge in [0.15, 0.2) is 0 Å². The molecule has 2 heterocycles. The van der Waals surface area contributed by atoms with Gasteiger partial charge >= 0.3 is 0 Å². The van der Waals surface area contributed by atoms with Crippen LogP contribution in [-0.2, 0) is 11.8 Å². The molecule has 24 heavy (non-hydrogen) atoms. The highest BCUT2D eigenvalue weighted by Gasteiger charge is 2.03. The molecular formula is C17H15Br3N4. The van der Waals surface area contributed by atoms with E-state index in [-0.39, 0.29) is 0 Å². The highest BCUT2D eigenvalue weighted by Crippen LogP contribution is 2.24. The monoisotopic (exact) mass is 512 g/mol. The number of hydrogen-bond acceptors (Lipinski definition) is 2. The standard InChI is InChI=1S/C9H9BrN2.C8H6Br2N2/c1-2-6-3-8(10)4-7-5-11-12-9(6)7;9-3-5-1-7(10)2-6-4-11-12-8(5)6/h3-5H,2H2,1H3,(H,11,12);1-2,4H,3H2,(H,11,12). The van der Waals surface area contributed by atoms with Gasteiger partial charge in [0, 0.05) is 25.0 Å². The molecule has 0 saturated heterocycles. The minimum atomic E-state index is 0.838. The molecule has 0 spiro atoms. The fourth-order valence-corrected chi connectivity index (χ4v) is 4.05. The molecule has 0 radical (unpaired) electrons. The SMILES string of the molecule is BrCc1cc(Br)cc2cn[nH]c12.CCc1cc(Br)cc2cn[nH]c12. The maximum Gasteiger partial charge on any atom is 0.0691 e. The molecule has 0 saturated carbocycles. The van der Waals surface area contributed by atoms with Gasteiger partial charge in [0.25, 0.3) is 0 Å². The summed E-state index contributed by atoms with van der Waals surface area (Å²) in [6.07, 6.45) is 4.70. The molecule has 4 rings (SSSR count). The zero-order chi connectivity index (χ0) is 17.1. The third-order valence-corrected chi connectivity index (χ3v) is 5.24. The summed E-state index contributed by atoms with van der Waals surface area (Å²) < 4.78 is 2.21. The Balaban J connectivity index is 0.000000141. The van der Waals surface area contributed by atoms with Gasteiger partial charge in [0.2, 0.25) is 0 Å². The van der Waals surface area contributed by atoms with Crippen molar-refractivity contribution in [3.63, 3.8) is 0 Å². The van der Waals surface area contributed by atoms with Crippen molar-refractivity contribution in [1.82, 2.24) is 20.4 Å². The molecule has 0 aliphatic heterocycles. The third kappa shape index (κ3) is 3.73. The van der Waals surface area contributed by atoms with E-state index in [0.29, 0.717) is 0 Å². The van der Waals surface area contributed by atoms with Gasteiger partial charge in [-0.15, -0.1) is 0 Å². The number of aromatic nitrogens is 4. The summed E-state index contributed by atoms with van der Waals surface area (Å²) in [7, 11) is 0. The van der Waals surface area contributed by atoms with Crippen molar-refractivity contribution in [2.75, 3.05) is 0 Å². The highest BCUT2D eigenvalue weighted by molar-refractivity contribution is 9.10. The molecular weight excluding hydrogens is 500 g/mol. The summed E-state index contributed by atoms with van der Waals surface area (Å²) in [6, 6.07) is 8.32. The van der Waals surface area contributed by atoms with Crippen molar-refractivity contribution in [2.24, 2.45) is 0 Å². The summed E-state index contributed by atoms with van der Waals surface area (Å²) in [6.45, 7) is 2.14. The van der Waals surface area contributed by atoms with Crippen LogP contribution < -0.4 is 0 Å². The smallest absolute Gasteiger partial charge is 0.0691 e. The normalized spacial score (nSPS) is 10.8. The molecule has 0 fully saturated rings. The molecule has 4 aromatic rings. The number of rotatable bonds is 2. The Morgan fingerprint density at radius 3 is 1.83 bits per heavy atom. The molecule has 124 valence electrons. The van der Waals surface area contributed by atoms with Crippen molar-refractivity contribution in [2.45, 2.75) is 18.7 Å². The maximum atomic E-state index is 4.01. The van der Waals surface area contributed by atoms with Gasteiger partial charge in [-0.1, -0.05) is 54.7 Å². The fourth-order valence-electron chi connectivity index (χ4n) is 2.57. The molecule has 0 aliphatic carbocycles. The summed E-state index contributed by atoms with van der Waals surface area (Å²) in [5.41, 5.74) is 4.78. The van der Waals surface area contributed by atoms with Crippen LogP contribution in [0.25, 0.3) is 21.8 Å². The number of aryl methyl sites for hydroxylation is 1. The van der Waals surface area contributed by atoms with Gasteiger partial charge in [-0.05, 0) is 41.8 Å². The Morgan fingerprint density at radius 1 is 0.833 bits per heavy atom. The van der Waals surface area contributed by atoms with Crippen LogP contribution in [0.1, 0.15) is 18.1 Å². The third-order valence-electron chi connectivity index (χ3n) is 3.72. The zero-order valence-electron chi connectivity index (χ0n) is 12.9. The lowest BCUT2D eigenvalue weighted by Crippen LogP contribution is -1.82. The first-order valence-electron chi connectivity index (χ1n) is 7.41. The lowest BCUT2D eigenvalue weighted by atomic mass is 10.1. The highest BCUT2D eigenvalue weighted by atomic mass is 79.9. The average molecular weight is 515 g/mol. The lowest BCUT2D eigenvalue weighted by molar-refractivity contribution is 1.09. The van der Waals surface area contributed by atoms with E-state index in [9.17, 15) is 0 Å². The van der Waals surface area contributed by atoms with Gasteiger partial charge < -0.3 is 0 Å². The van der Waals surface area contributed by atoms with Crippen molar-refractivity contribution < 1.29 is 0 Å². The first-order chi connectivity index (χ1) is 11.6. The Morgan fingerprint density at radius 2 is 1.33 bits per heavy atom. The molecule has 2 aromatic heterocycles. The molecule has 7 heteroatoms. The largest absolute Gasteiger partial charge is 0.278 e. The van der Waals surface area contributed by atoms with E-state index < -0.39 is 0 Å². The van der Waals surface area contributed by atoms with Crippen LogP contribution in [-0.4, -0.2) is 20.4 Å². The topological polar surface area (TPSA) is 57.4 Å². The number of aromatic amines is 2. The second kappa shape index (κ2) is 7.80. The summed E-state index contributed by atoms with van der Waals surface area (Å²) in [5, 5.41) is 17.1. The molecule has 0 atom stereocenters. The number of alkyl halides is 1. The van der Waals surface area contributed by atoms with E-state index in [1.54, 1.807) is 0 Å². The lowest BCUT2D eigenvalue weighted by Gasteiger charge is -1.99. The van der Waals surface area contributed by atoms with Gasteiger partial charge in [-0.2, -0.15) is 10.2 Å². The maximum absolute atomic E-state index is 4.01. The number of nitrogens with one attached hydrogen (secondary N) is 2. The molecule has 2 aromatic carbocycles. The predicted octanol–water partition coefficient (Wildman–Crippen LogP) is 6.11. The van der Waals surface area contributed by atoms with Crippen LogP contribution in [0.15, 0.2) is 45.6 Å². The minimum absolute atomic E-state index is 0.838. The van der Waals surface area contributed by atoms with E-state index >= 15 is 0 Å². The second-order valence-corrected chi connectivity index (χ2v) is 7.68. The van der Waals surface area contributed by atoms with Gasteiger partial charge in [-0.3, -0.25) is 10.2 Å². The number of H-pyrrole nitrogens is 2. The molecule has 0 aliphatic rings. The minimum Gasteiger partial charge on any atom is -0.278 e. The summed E-state index contributed by atoms with van der Waals surface area (Å²) in [4.78, 5) is 0. The van der Waals surface area contributed by atoms with Crippen LogP contribution in [0.4, 0.5) is 0 Å². The van der Waals surface area contributed by atoms with Crippen LogP contribution >= 0.6 is 47.8 Å². The molecule has 0 bridgehead atoms. The second-order valence-electron chi connectivity index (χ2n) is 5.29. The number of hydrogen-bond donors (Lipinski definition) is 2. The summed E-state index contributed by atoms with van der Waals surface area (Å²) in [5.74, 6) is 0. The number of benzene rings is 2. The first kappa shape index (κ1) is 17.6. The fraction of sp³-hybridized carbons (Fsp3) is 0.176. The number of fused-ring (bicyclic) bond motifs is 2. The van der Waals surface area contributed by atoms with Crippen LogP contribution in [0.3, 0.4) is 0 Å². The van der Waals surface area contributed by atoms with Gasteiger partial charge in [-0.25, -0.2) is 0 Å². The van der Waals surface area contributed by atoms with E-state index in [4.69, 9.17) is 0 Å². The van der Waals surface area contributed by atoms with Gasteiger partial charge in [0.1, 0.15) is 0 Å². The Kier molecular flexibility index (Phi) is 5.73. The first-order valence-corrected chi connectivity index (χ1v) is 10.1. The average Bonchev–Trinajstić information content (AvgIpc) is 3.22. The predicted molar refractivity (Wildman–Crippen MR) is 110 cm³/mol. The van der Waals surface area contributed by atoms with Crippen LogP contribution in [0.2, 0.25) is 0 Å². The Bertz CT molecular complexity index is 894. The molecule has 2 N–H and O–H groups in total. The number of nitrogens with zero attached hydrogens (tertiary/aromatic N) is 2. The Labute approximate surface area is 164 Å². The van der Waals surface area contributed by atoms with Crippen molar-refractivity contribution in [3.05, 3.63) is 56.7 Å². The Hall–Kier alpha value is -1.18. The van der Waals surface area contributed by atoms with E-state index in [0.717, 1.165) is 37.1 Å². The van der Waals surface area contributed by atoms with Crippen LogP contribution in [0, 0.1) is 0 Å². The van der Waals surface area contributed by atoms with E-state index in [1.165, 1.54) is 16.5 Å². The van der Waals surface area contributed by atoms with Crippen molar-refractivity contribution >= 4 is 69.6 Å². The van der Waals surface area contributed by atoms with Gasteiger partial charge in [0.05, 0.1) is 23.4 Å². The zero-order valence-corrected chi connectivity index (χ0v) is 17.7. The summed E-state index contributed by atoms with van der Waals surface area (Å²) >= 11 is 10.3. The van der Waals surface area contributed by atoms with Crippen LogP contribution in [0.5, 0.6) is 0 Å². The van der Waals surface area contributed by atoms with E-state index in [1.807, 2.05) is 18.5 Å².